The van der Waals surface area contributed by atoms with E-state index in [4.69, 9.17) is 0 Å². The van der Waals surface area contributed by atoms with E-state index in [9.17, 15) is 10.5 Å². The van der Waals surface area contributed by atoms with Crippen LogP contribution in [0.5, 0.6) is 0 Å². The Kier molecular flexibility index (Phi) is 6.22. The first-order valence-corrected chi connectivity index (χ1v) is 15.9. The van der Waals surface area contributed by atoms with Gasteiger partial charge in [-0.05, 0) is 83.4 Å². The Morgan fingerprint density at radius 1 is 0.417 bits per heavy atom. The summed E-state index contributed by atoms with van der Waals surface area (Å²) in [6, 6.07) is 59.1. The lowest BCUT2D eigenvalue weighted by atomic mass is 9.96. The van der Waals surface area contributed by atoms with Gasteiger partial charge in [-0.1, -0.05) is 91.0 Å². The predicted molar refractivity (Wildman–Crippen MR) is 195 cm³/mol. The summed E-state index contributed by atoms with van der Waals surface area (Å²) in [5.74, 6) is 0. The maximum absolute atomic E-state index is 9.94. The quantitative estimate of drug-likeness (QED) is 0.199. The molecule has 9 rings (SSSR count). The summed E-state index contributed by atoms with van der Waals surface area (Å²) < 4.78 is 4.51. The molecule has 4 heteroatoms. The SMILES string of the molecule is N#Cc1ccc2c(c1)c1cc(-c3cccc(-c4cccc5c6ccccc6n(-c6ccccc6)c45)c3)ccc1n2-c1ccccc1C#N. The van der Waals surface area contributed by atoms with Crippen LogP contribution in [0.1, 0.15) is 11.1 Å². The summed E-state index contributed by atoms with van der Waals surface area (Å²) in [7, 11) is 0. The second-order valence-corrected chi connectivity index (χ2v) is 12.0. The van der Waals surface area contributed by atoms with E-state index in [-0.39, 0.29) is 0 Å². The Bertz CT molecular complexity index is 2800. The summed E-state index contributed by atoms with van der Waals surface area (Å²) in [6.07, 6.45) is 0. The number of nitrogens with zero attached hydrogens (tertiary/aromatic N) is 4. The third kappa shape index (κ3) is 4.14. The number of para-hydroxylation sites is 4. The van der Waals surface area contributed by atoms with Gasteiger partial charge >= 0.3 is 0 Å². The average molecular weight is 611 g/mol. The highest BCUT2D eigenvalue weighted by molar-refractivity contribution is 6.14. The fourth-order valence-electron chi connectivity index (χ4n) is 7.26. The number of nitriles is 2. The van der Waals surface area contributed by atoms with Crippen molar-refractivity contribution >= 4 is 43.6 Å². The van der Waals surface area contributed by atoms with Gasteiger partial charge in [0.1, 0.15) is 6.07 Å². The molecule has 4 nitrogen and oxygen atoms in total. The summed E-state index contributed by atoms with van der Waals surface area (Å²) in [5, 5.41) is 24.2. The predicted octanol–water partition coefficient (Wildman–Crippen LogP) is 11.0. The lowest BCUT2D eigenvalue weighted by Crippen LogP contribution is -1.97. The lowest BCUT2D eigenvalue weighted by molar-refractivity contribution is 1.17. The van der Waals surface area contributed by atoms with Crippen molar-refractivity contribution in [3.63, 3.8) is 0 Å². The van der Waals surface area contributed by atoms with Crippen LogP contribution in [0.15, 0.2) is 158 Å². The molecule has 9 aromatic rings. The standard InChI is InChI=1S/C44H26N4/c45-27-29-20-22-42-38(24-29)39-26-31(21-23-43(39)48(42)40-18-6-4-10-33(40)28-46)30-11-8-12-32(25-30)35-16-9-17-37-36-15-5-7-19-41(36)47(44(35)37)34-13-2-1-3-14-34/h1-26H. The van der Waals surface area contributed by atoms with Crippen molar-refractivity contribution < 1.29 is 0 Å². The Labute approximate surface area is 277 Å². The number of hydrogen-bond donors (Lipinski definition) is 0. The minimum absolute atomic E-state index is 0.597. The topological polar surface area (TPSA) is 57.4 Å². The molecular formula is C44H26N4. The molecule has 0 fully saturated rings. The molecule has 0 saturated heterocycles. The summed E-state index contributed by atoms with van der Waals surface area (Å²) >= 11 is 0. The molecule has 0 bridgehead atoms. The van der Waals surface area contributed by atoms with Gasteiger partial charge in [0.2, 0.25) is 0 Å². The zero-order valence-electron chi connectivity index (χ0n) is 25.8. The molecule has 0 atom stereocenters. The zero-order chi connectivity index (χ0) is 32.2. The van der Waals surface area contributed by atoms with Crippen molar-refractivity contribution in [2.45, 2.75) is 0 Å². The monoisotopic (exact) mass is 610 g/mol. The maximum Gasteiger partial charge on any atom is 0.101 e. The normalized spacial score (nSPS) is 11.3. The highest BCUT2D eigenvalue weighted by atomic mass is 15.0. The molecule has 48 heavy (non-hydrogen) atoms. The van der Waals surface area contributed by atoms with E-state index in [1.54, 1.807) is 0 Å². The van der Waals surface area contributed by atoms with E-state index >= 15 is 0 Å². The molecule has 7 aromatic carbocycles. The minimum Gasteiger partial charge on any atom is -0.309 e. The van der Waals surface area contributed by atoms with Gasteiger partial charge in [-0.15, -0.1) is 0 Å². The van der Waals surface area contributed by atoms with Gasteiger partial charge in [0.15, 0.2) is 0 Å². The molecule has 0 N–H and O–H groups in total. The molecule has 0 aliphatic rings. The first-order chi connectivity index (χ1) is 23.7. The molecule has 0 saturated carbocycles. The molecule has 0 unspecified atom stereocenters. The summed E-state index contributed by atoms with van der Waals surface area (Å²) in [6.45, 7) is 0. The highest BCUT2D eigenvalue weighted by Gasteiger charge is 2.18. The largest absolute Gasteiger partial charge is 0.309 e. The van der Waals surface area contributed by atoms with Crippen LogP contribution in [0.2, 0.25) is 0 Å². The van der Waals surface area contributed by atoms with E-state index in [0.717, 1.165) is 49.9 Å². The Morgan fingerprint density at radius 2 is 1.08 bits per heavy atom. The molecule has 222 valence electrons. The van der Waals surface area contributed by atoms with Crippen LogP contribution in [-0.2, 0) is 0 Å². The van der Waals surface area contributed by atoms with Crippen LogP contribution in [0.3, 0.4) is 0 Å². The molecule has 0 aliphatic heterocycles. The van der Waals surface area contributed by atoms with Gasteiger partial charge in [-0.2, -0.15) is 10.5 Å². The maximum atomic E-state index is 9.94. The van der Waals surface area contributed by atoms with Crippen molar-refractivity contribution in [3.05, 3.63) is 169 Å². The van der Waals surface area contributed by atoms with Gasteiger partial charge in [0.05, 0.1) is 45.0 Å². The van der Waals surface area contributed by atoms with E-state index in [0.29, 0.717) is 11.1 Å². The van der Waals surface area contributed by atoms with Gasteiger partial charge < -0.3 is 9.13 Å². The fourth-order valence-corrected chi connectivity index (χ4v) is 7.26. The van der Waals surface area contributed by atoms with Crippen LogP contribution in [0.4, 0.5) is 0 Å². The second kappa shape index (κ2) is 10.9. The van der Waals surface area contributed by atoms with Crippen LogP contribution >= 0.6 is 0 Å². The van der Waals surface area contributed by atoms with Crippen molar-refractivity contribution in [3.8, 4) is 45.8 Å². The summed E-state index contributed by atoms with van der Waals surface area (Å²) in [5.41, 5.74) is 11.9. The van der Waals surface area contributed by atoms with Gasteiger partial charge in [-0.25, -0.2) is 0 Å². The van der Waals surface area contributed by atoms with E-state index in [1.165, 1.54) is 27.4 Å². The number of fused-ring (bicyclic) bond motifs is 6. The molecule has 0 radical (unpaired) electrons. The van der Waals surface area contributed by atoms with E-state index < -0.39 is 0 Å². The van der Waals surface area contributed by atoms with Crippen molar-refractivity contribution in [1.29, 1.82) is 10.5 Å². The van der Waals surface area contributed by atoms with Gasteiger partial charge in [0, 0.05) is 32.8 Å². The molecule has 0 amide bonds. The third-order valence-electron chi connectivity index (χ3n) is 9.38. The van der Waals surface area contributed by atoms with Crippen LogP contribution in [-0.4, -0.2) is 9.13 Å². The smallest absolute Gasteiger partial charge is 0.101 e. The number of benzene rings is 7. The number of rotatable bonds is 4. The van der Waals surface area contributed by atoms with Gasteiger partial charge in [-0.3, -0.25) is 0 Å². The number of hydrogen-bond acceptors (Lipinski definition) is 2. The Hall–Kier alpha value is -6.88. The Balaban J connectivity index is 1.26. The first-order valence-electron chi connectivity index (χ1n) is 15.9. The molecule has 2 aromatic heterocycles. The average Bonchev–Trinajstić information content (AvgIpc) is 3.67. The Morgan fingerprint density at radius 3 is 1.94 bits per heavy atom. The van der Waals surface area contributed by atoms with Crippen molar-refractivity contribution in [2.24, 2.45) is 0 Å². The van der Waals surface area contributed by atoms with Gasteiger partial charge in [0.25, 0.3) is 0 Å². The molecule has 2 heterocycles. The third-order valence-corrected chi connectivity index (χ3v) is 9.38. The lowest BCUT2D eigenvalue weighted by Gasteiger charge is -2.13. The number of aromatic nitrogens is 2. The van der Waals surface area contributed by atoms with Crippen LogP contribution in [0.25, 0.3) is 77.2 Å². The van der Waals surface area contributed by atoms with E-state index in [2.05, 4.69) is 137 Å². The zero-order valence-corrected chi connectivity index (χ0v) is 25.8. The van der Waals surface area contributed by atoms with Crippen molar-refractivity contribution in [2.75, 3.05) is 0 Å². The minimum atomic E-state index is 0.597. The molecule has 0 spiro atoms. The summed E-state index contributed by atoms with van der Waals surface area (Å²) in [4.78, 5) is 0. The fraction of sp³-hybridized carbons (Fsp3) is 0. The molecular weight excluding hydrogens is 585 g/mol. The molecule has 0 aliphatic carbocycles. The van der Waals surface area contributed by atoms with Crippen LogP contribution < -0.4 is 0 Å². The van der Waals surface area contributed by atoms with Crippen LogP contribution in [0, 0.1) is 22.7 Å². The van der Waals surface area contributed by atoms with E-state index in [1.807, 2.05) is 42.5 Å². The van der Waals surface area contributed by atoms with Crippen molar-refractivity contribution in [1.82, 2.24) is 9.13 Å². The highest BCUT2D eigenvalue weighted by Crippen LogP contribution is 2.40. The second-order valence-electron chi connectivity index (χ2n) is 12.0. The first kappa shape index (κ1) is 27.4.